The van der Waals surface area contributed by atoms with Crippen molar-refractivity contribution in [2.75, 3.05) is 6.61 Å². The van der Waals surface area contributed by atoms with E-state index in [0.29, 0.717) is 6.42 Å². The van der Waals surface area contributed by atoms with Crippen molar-refractivity contribution in [1.29, 1.82) is 0 Å². The molecule has 0 bridgehead atoms. The molecule has 0 saturated heterocycles. The van der Waals surface area contributed by atoms with Crippen LogP contribution in [0.25, 0.3) is 0 Å². The van der Waals surface area contributed by atoms with Gasteiger partial charge in [0.05, 0.1) is 6.61 Å². The Kier molecular flexibility index (Phi) is 7.40. The minimum Gasteiger partial charge on any atom is -0.302 e. The summed E-state index contributed by atoms with van der Waals surface area (Å²) in [4.78, 5) is 26.0. The lowest BCUT2D eigenvalue weighted by Crippen LogP contribution is -2.09. The Morgan fingerprint density at radius 1 is 1.26 bits per heavy atom. The molecule has 19 heavy (non-hydrogen) atoms. The van der Waals surface area contributed by atoms with E-state index in [4.69, 9.17) is 14.7 Å². The van der Waals surface area contributed by atoms with Crippen LogP contribution < -0.4 is 0 Å². The second-order valence-electron chi connectivity index (χ2n) is 4.40. The molecule has 0 aromatic rings. The van der Waals surface area contributed by atoms with Crippen molar-refractivity contribution in [3.05, 3.63) is 23.8 Å². The van der Waals surface area contributed by atoms with Crippen molar-refractivity contribution in [1.82, 2.24) is 0 Å². The summed E-state index contributed by atoms with van der Waals surface area (Å²) >= 11 is 0. The van der Waals surface area contributed by atoms with Crippen LogP contribution in [0.15, 0.2) is 23.8 Å². The summed E-state index contributed by atoms with van der Waals surface area (Å²) in [5.74, 6) is -0.240. The molecule has 112 valence electrons. The molecule has 7 nitrogen and oxygen atoms in total. The summed E-state index contributed by atoms with van der Waals surface area (Å²) in [5, 5.41) is 0. The molecule has 0 rings (SSSR count). The number of hydrogen-bond acceptors (Lipinski definition) is 4. The van der Waals surface area contributed by atoms with Crippen molar-refractivity contribution in [2.45, 2.75) is 27.2 Å². The smallest absolute Gasteiger partial charge is 0.302 e. The van der Waals surface area contributed by atoms with Crippen LogP contribution in [0.2, 0.25) is 0 Å². The van der Waals surface area contributed by atoms with E-state index < -0.39 is 15.6 Å². The fourth-order valence-corrected chi connectivity index (χ4v) is 2.76. The predicted molar refractivity (Wildman–Crippen MR) is 71.3 cm³/mol. The molecule has 0 aliphatic heterocycles. The lowest BCUT2D eigenvalue weighted by molar-refractivity contribution is 0.164. The van der Waals surface area contributed by atoms with E-state index >= 15 is 0 Å². The summed E-state index contributed by atoms with van der Waals surface area (Å²) < 4.78 is 30.0. The Morgan fingerprint density at radius 2 is 1.79 bits per heavy atom. The molecule has 2 unspecified atom stereocenters. The van der Waals surface area contributed by atoms with Crippen LogP contribution in [0.4, 0.5) is 0 Å². The van der Waals surface area contributed by atoms with Crippen LogP contribution in [0.5, 0.6) is 0 Å². The fraction of sp³-hybridized carbons (Fsp3) is 0.600. The van der Waals surface area contributed by atoms with Gasteiger partial charge in [0.2, 0.25) is 0 Å². The molecular weight excluding hydrogens is 294 g/mol. The van der Waals surface area contributed by atoms with Crippen molar-refractivity contribution in [3.8, 4) is 0 Å². The van der Waals surface area contributed by atoms with Crippen LogP contribution in [0, 0.1) is 5.92 Å². The molecule has 0 amide bonds. The summed E-state index contributed by atoms with van der Waals surface area (Å²) in [7, 11) is -9.85. The Balaban J connectivity index is 4.56. The van der Waals surface area contributed by atoms with Crippen LogP contribution >= 0.6 is 15.6 Å². The van der Waals surface area contributed by atoms with Crippen molar-refractivity contribution in [2.24, 2.45) is 5.92 Å². The van der Waals surface area contributed by atoms with E-state index in [-0.39, 0.29) is 12.5 Å². The van der Waals surface area contributed by atoms with Gasteiger partial charge in [-0.1, -0.05) is 23.8 Å². The van der Waals surface area contributed by atoms with Gasteiger partial charge in [-0.15, -0.1) is 0 Å². The van der Waals surface area contributed by atoms with Gasteiger partial charge in [-0.3, -0.25) is 4.52 Å². The van der Waals surface area contributed by atoms with Gasteiger partial charge >= 0.3 is 15.6 Å². The van der Waals surface area contributed by atoms with Gasteiger partial charge in [-0.2, -0.15) is 4.31 Å². The third-order valence-electron chi connectivity index (χ3n) is 2.16. The Hall–Kier alpha value is -0.260. The zero-order valence-corrected chi connectivity index (χ0v) is 12.9. The standard InChI is InChI=1S/C10H20O7P2/c1-8(2)5-6-10(9(3)4)7-16-19(14,15)17-18(11,12)13/h5,10H,3,6-7H2,1-2,4H3,(H,14,15)(H2,11,12,13). The third kappa shape index (κ3) is 10.2. The maximum Gasteiger partial charge on any atom is 0.481 e. The SMILES string of the molecule is C=C(C)C(CC=C(C)C)COP(=O)(O)OP(=O)(O)O. The monoisotopic (exact) mass is 314 g/mol. The van der Waals surface area contributed by atoms with Crippen LogP contribution in [-0.4, -0.2) is 21.3 Å². The van der Waals surface area contributed by atoms with E-state index in [1.54, 1.807) is 6.92 Å². The van der Waals surface area contributed by atoms with Gasteiger partial charge in [-0.05, 0) is 27.2 Å². The molecule has 9 heteroatoms. The first-order chi connectivity index (χ1) is 8.43. The van der Waals surface area contributed by atoms with Gasteiger partial charge < -0.3 is 14.7 Å². The molecule has 0 fully saturated rings. The van der Waals surface area contributed by atoms with Gasteiger partial charge in [-0.25, -0.2) is 9.13 Å². The summed E-state index contributed by atoms with van der Waals surface area (Å²) in [6.45, 7) is 9.07. The zero-order chi connectivity index (χ0) is 15.3. The van der Waals surface area contributed by atoms with Crippen molar-refractivity contribution < 1.29 is 32.6 Å². The molecule has 0 aliphatic rings. The second-order valence-corrected chi connectivity index (χ2v) is 7.23. The Bertz CT molecular complexity index is 433. The topological polar surface area (TPSA) is 113 Å². The number of phosphoric ester groups is 1. The largest absolute Gasteiger partial charge is 0.481 e. The average Bonchev–Trinajstić information content (AvgIpc) is 2.12. The van der Waals surface area contributed by atoms with E-state index in [9.17, 15) is 9.13 Å². The molecule has 0 spiro atoms. The molecule has 0 aliphatic carbocycles. The lowest BCUT2D eigenvalue weighted by atomic mass is 9.98. The number of phosphoric acid groups is 2. The minimum absolute atomic E-state index is 0.215. The minimum atomic E-state index is -5.07. The Morgan fingerprint density at radius 3 is 2.16 bits per heavy atom. The van der Waals surface area contributed by atoms with Gasteiger partial charge in [0.25, 0.3) is 0 Å². The number of rotatable bonds is 8. The third-order valence-corrected chi connectivity index (χ3v) is 4.31. The van der Waals surface area contributed by atoms with Crippen LogP contribution in [-0.2, 0) is 18.0 Å². The van der Waals surface area contributed by atoms with Crippen LogP contribution in [0.1, 0.15) is 27.2 Å². The molecule has 0 heterocycles. The highest BCUT2D eigenvalue weighted by molar-refractivity contribution is 7.60. The van der Waals surface area contributed by atoms with Crippen LogP contribution in [0.3, 0.4) is 0 Å². The zero-order valence-electron chi connectivity index (χ0n) is 11.1. The maximum atomic E-state index is 11.3. The first kappa shape index (κ1) is 18.7. The predicted octanol–water partition coefficient (Wildman–Crippen LogP) is 2.76. The second kappa shape index (κ2) is 7.50. The number of hydrogen-bond donors (Lipinski definition) is 3. The number of allylic oxidation sites excluding steroid dienone is 2. The normalized spacial score (nSPS) is 16.5. The first-order valence-electron chi connectivity index (χ1n) is 5.46. The molecule has 0 aromatic carbocycles. The molecule has 3 N–H and O–H groups in total. The average molecular weight is 314 g/mol. The molecule has 0 radical (unpaired) electrons. The van der Waals surface area contributed by atoms with E-state index in [1.807, 2.05) is 19.9 Å². The molecular formula is C10H20O7P2. The molecule has 2 atom stereocenters. The van der Waals surface area contributed by atoms with E-state index in [0.717, 1.165) is 11.1 Å². The summed E-state index contributed by atoms with van der Waals surface area (Å²) in [6, 6.07) is 0. The fourth-order valence-electron chi connectivity index (χ4n) is 1.13. The molecule has 0 saturated carbocycles. The lowest BCUT2D eigenvalue weighted by Gasteiger charge is -2.18. The van der Waals surface area contributed by atoms with E-state index in [2.05, 4.69) is 15.4 Å². The van der Waals surface area contributed by atoms with Crippen molar-refractivity contribution in [3.63, 3.8) is 0 Å². The van der Waals surface area contributed by atoms with Gasteiger partial charge in [0.15, 0.2) is 0 Å². The summed E-state index contributed by atoms with van der Waals surface area (Å²) in [6.07, 6.45) is 2.46. The van der Waals surface area contributed by atoms with Gasteiger partial charge in [0, 0.05) is 5.92 Å². The van der Waals surface area contributed by atoms with Gasteiger partial charge in [0.1, 0.15) is 0 Å². The first-order valence-corrected chi connectivity index (χ1v) is 8.48. The van der Waals surface area contributed by atoms with Crippen molar-refractivity contribution >= 4 is 15.6 Å². The quantitative estimate of drug-likeness (QED) is 0.466. The molecule has 0 aromatic heterocycles. The Labute approximate surface area is 112 Å². The maximum absolute atomic E-state index is 11.3. The highest BCUT2D eigenvalue weighted by Gasteiger charge is 2.32. The highest BCUT2D eigenvalue weighted by Crippen LogP contribution is 2.57. The van der Waals surface area contributed by atoms with E-state index in [1.165, 1.54) is 0 Å². The highest BCUT2D eigenvalue weighted by atomic mass is 31.3. The summed E-state index contributed by atoms with van der Waals surface area (Å²) in [5.41, 5.74) is 1.80.